The molecule has 1 aliphatic carbocycles. The fourth-order valence-corrected chi connectivity index (χ4v) is 3.57. The molecule has 0 heterocycles. The normalized spacial score (nSPS) is 14.3. The van der Waals surface area contributed by atoms with Gasteiger partial charge in [0, 0.05) is 11.6 Å². The largest absolute Gasteiger partial charge is 0.497 e. The van der Waals surface area contributed by atoms with Crippen LogP contribution >= 0.6 is 0 Å². The molecule has 0 radical (unpaired) electrons. The zero-order valence-electron chi connectivity index (χ0n) is 15.8. The molecule has 1 N–H and O–H groups in total. The fourth-order valence-electron chi connectivity index (χ4n) is 3.57. The molecule has 26 heavy (non-hydrogen) atoms. The molecule has 0 spiro atoms. The third-order valence-electron chi connectivity index (χ3n) is 5.10. The van der Waals surface area contributed by atoms with Crippen molar-refractivity contribution in [1.82, 2.24) is 5.32 Å². The first-order chi connectivity index (χ1) is 12.6. The molecule has 1 unspecified atom stereocenters. The summed E-state index contributed by atoms with van der Waals surface area (Å²) in [5, 5.41) is 3.16. The lowest BCUT2D eigenvalue weighted by molar-refractivity contribution is 0.0935. The van der Waals surface area contributed by atoms with E-state index in [0.29, 0.717) is 17.1 Å². The van der Waals surface area contributed by atoms with Crippen LogP contribution in [0.3, 0.4) is 0 Å². The molecule has 4 heteroatoms. The van der Waals surface area contributed by atoms with Crippen LogP contribution in [0, 0.1) is 0 Å². The first-order valence-electron chi connectivity index (χ1n) is 9.30. The SMILES string of the molecule is CCC(NC(=O)c1cc(OC)cc(OC)c1)c1ccc2c(c1)CCCC2. The average molecular weight is 353 g/mol. The van der Waals surface area contributed by atoms with Gasteiger partial charge in [-0.15, -0.1) is 0 Å². The summed E-state index contributed by atoms with van der Waals surface area (Å²) in [4.78, 5) is 12.8. The Kier molecular flexibility index (Phi) is 5.82. The topological polar surface area (TPSA) is 47.6 Å². The Bertz CT molecular complexity index is 763. The second kappa shape index (κ2) is 8.26. The molecule has 0 aliphatic heterocycles. The highest BCUT2D eigenvalue weighted by molar-refractivity contribution is 5.95. The van der Waals surface area contributed by atoms with E-state index < -0.39 is 0 Å². The molecule has 3 rings (SSSR count). The number of aryl methyl sites for hydroxylation is 2. The van der Waals surface area contributed by atoms with Crippen molar-refractivity contribution in [2.75, 3.05) is 14.2 Å². The van der Waals surface area contributed by atoms with Crippen molar-refractivity contribution in [3.8, 4) is 11.5 Å². The molecule has 2 aromatic carbocycles. The molecule has 4 nitrogen and oxygen atoms in total. The number of methoxy groups -OCH3 is 2. The van der Waals surface area contributed by atoms with E-state index >= 15 is 0 Å². The molecule has 2 aromatic rings. The van der Waals surface area contributed by atoms with Gasteiger partial charge in [-0.3, -0.25) is 4.79 Å². The maximum Gasteiger partial charge on any atom is 0.252 e. The van der Waals surface area contributed by atoms with Crippen molar-refractivity contribution >= 4 is 5.91 Å². The Labute approximate surface area is 155 Å². The van der Waals surface area contributed by atoms with Gasteiger partial charge in [-0.05, 0) is 60.9 Å². The number of benzene rings is 2. The molecule has 0 aromatic heterocycles. The van der Waals surface area contributed by atoms with Gasteiger partial charge in [-0.25, -0.2) is 0 Å². The molecular formula is C22H27NO3. The van der Waals surface area contributed by atoms with Crippen molar-refractivity contribution in [2.24, 2.45) is 0 Å². The number of carbonyl (C=O) groups is 1. The number of fused-ring (bicyclic) bond motifs is 1. The van der Waals surface area contributed by atoms with E-state index in [1.54, 1.807) is 32.4 Å². The first-order valence-corrected chi connectivity index (χ1v) is 9.30. The van der Waals surface area contributed by atoms with E-state index in [4.69, 9.17) is 9.47 Å². The van der Waals surface area contributed by atoms with Crippen molar-refractivity contribution in [1.29, 1.82) is 0 Å². The van der Waals surface area contributed by atoms with Crippen LogP contribution in [0.4, 0.5) is 0 Å². The molecule has 1 atom stereocenters. The lowest BCUT2D eigenvalue weighted by Crippen LogP contribution is -2.28. The summed E-state index contributed by atoms with van der Waals surface area (Å²) in [5.41, 5.74) is 4.61. The van der Waals surface area contributed by atoms with E-state index in [1.165, 1.54) is 36.0 Å². The minimum atomic E-state index is -0.119. The second-order valence-corrected chi connectivity index (χ2v) is 6.77. The number of ether oxygens (including phenoxy) is 2. The molecule has 138 valence electrons. The third-order valence-corrected chi connectivity index (χ3v) is 5.10. The van der Waals surface area contributed by atoms with Crippen LogP contribution in [0.25, 0.3) is 0 Å². The summed E-state index contributed by atoms with van der Waals surface area (Å²) in [7, 11) is 3.16. The van der Waals surface area contributed by atoms with Gasteiger partial charge in [0.05, 0.1) is 20.3 Å². The predicted octanol–water partition coefficient (Wildman–Crippen LogP) is 4.46. The molecule has 1 amide bonds. The Morgan fingerprint density at radius 3 is 2.27 bits per heavy atom. The van der Waals surface area contributed by atoms with Gasteiger partial charge >= 0.3 is 0 Å². The van der Waals surface area contributed by atoms with Gasteiger partial charge in [-0.2, -0.15) is 0 Å². The predicted molar refractivity (Wildman–Crippen MR) is 103 cm³/mol. The quantitative estimate of drug-likeness (QED) is 0.834. The third kappa shape index (κ3) is 4.01. The molecule has 0 saturated carbocycles. The van der Waals surface area contributed by atoms with Crippen LogP contribution in [0.5, 0.6) is 11.5 Å². The lowest BCUT2D eigenvalue weighted by Gasteiger charge is -2.22. The number of amides is 1. The van der Waals surface area contributed by atoms with Gasteiger partial charge in [0.25, 0.3) is 5.91 Å². The van der Waals surface area contributed by atoms with Crippen LogP contribution in [-0.2, 0) is 12.8 Å². The maximum absolute atomic E-state index is 12.8. The minimum Gasteiger partial charge on any atom is -0.497 e. The second-order valence-electron chi connectivity index (χ2n) is 6.77. The van der Waals surface area contributed by atoms with Gasteiger partial charge in [0.1, 0.15) is 11.5 Å². The number of hydrogen-bond donors (Lipinski definition) is 1. The van der Waals surface area contributed by atoms with Crippen LogP contribution in [0.2, 0.25) is 0 Å². The number of nitrogens with one attached hydrogen (secondary N) is 1. The molecule has 0 fully saturated rings. The van der Waals surface area contributed by atoms with E-state index in [2.05, 4.69) is 30.4 Å². The summed E-state index contributed by atoms with van der Waals surface area (Å²) in [6.45, 7) is 2.09. The standard InChI is InChI=1S/C22H27NO3/c1-4-21(17-10-9-15-7-5-6-8-16(15)11-17)23-22(24)18-12-19(25-2)14-20(13-18)26-3/h9-14,21H,4-8H2,1-3H3,(H,23,24). The Morgan fingerprint density at radius 1 is 1.00 bits per heavy atom. The van der Waals surface area contributed by atoms with E-state index in [-0.39, 0.29) is 11.9 Å². The molecule has 0 bridgehead atoms. The van der Waals surface area contributed by atoms with E-state index in [0.717, 1.165) is 12.8 Å². The molecular weight excluding hydrogens is 326 g/mol. The fraction of sp³-hybridized carbons (Fsp3) is 0.409. The van der Waals surface area contributed by atoms with Gasteiger partial charge < -0.3 is 14.8 Å². The van der Waals surface area contributed by atoms with E-state index in [9.17, 15) is 4.79 Å². The number of carbonyl (C=O) groups excluding carboxylic acids is 1. The highest BCUT2D eigenvalue weighted by atomic mass is 16.5. The summed E-state index contributed by atoms with van der Waals surface area (Å²) < 4.78 is 10.5. The van der Waals surface area contributed by atoms with Crippen LogP contribution in [-0.4, -0.2) is 20.1 Å². The zero-order chi connectivity index (χ0) is 18.5. The van der Waals surface area contributed by atoms with Gasteiger partial charge in [0.15, 0.2) is 0 Å². The van der Waals surface area contributed by atoms with Gasteiger partial charge in [0.2, 0.25) is 0 Å². The lowest BCUT2D eigenvalue weighted by atomic mass is 9.88. The van der Waals surface area contributed by atoms with Crippen LogP contribution < -0.4 is 14.8 Å². The van der Waals surface area contributed by atoms with E-state index in [1.807, 2.05) is 0 Å². The number of hydrogen-bond acceptors (Lipinski definition) is 3. The Morgan fingerprint density at radius 2 is 1.65 bits per heavy atom. The van der Waals surface area contributed by atoms with Crippen molar-refractivity contribution in [2.45, 2.75) is 45.1 Å². The minimum absolute atomic E-state index is 0.00748. The van der Waals surface area contributed by atoms with Crippen molar-refractivity contribution in [3.05, 3.63) is 58.7 Å². The van der Waals surface area contributed by atoms with Crippen molar-refractivity contribution < 1.29 is 14.3 Å². The summed E-state index contributed by atoms with van der Waals surface area (Å²) >= 11 is 0. The Hall–Kier alpha value is -2.49. The molecule has 1 aliphatic rings. The highest BCUT2D eigenvalue weighted by Gasteiger charge is 2.18. The molecule has 0 saturated heterocycles. The van der Waals surface area contributed by atoms with Crippen molar-refractivity contribution in [3.63, 3.8) is 0 Å². The maximum atomic E-state index is 12.8. The first kappa shape index (κ1) is 18.3. The summed E-state index contributed by atoms with van der Waals surface area (Å²) in [5.74, 6) is 1.10. The Balaban J connectivity index is 1.81. The van der Waals surface area contributed by atoms with Gasteiger partial charge in [-0.1, -0.05) is 25.1 Å². The summed E-state index contributed by atoms with van der Waals surface area (Å²) in [6.07, 6.45) is 5.68. The number of rotatable bonds is 6. The monoisotopic (exact) mass is 353 g/mol. The van der Waals surface area contributed by atoms with Crippen LogP contribution in [0.1, 0.15) is 59.3 Å². The highest BCUT2D eigenvalue weighted by Crippen LogP contribution is 2.27. The smallest absolute Gasteiger partial charge is 0.252 e. The summed E-state index contributed by atoms with van der Waals surface area (Å²) in [6, 6.07) is 11.9. The van der Waals surface area contributed by atoms with Crippen LogP contribution in [0.15, 0.2) is 36.4 Å². The zero-order valence-corrected chi connectivity index (χ0v) is 15.8. The average Bonchev–Trinajstić information content (AvgIpc) is 2.70.